The van der Waals surface area contributed by atoms with Crippen molar-refractivity contribution in [3.05, 3.63) is 175 Å². The van der Waals surface area contributed by atoms with Crippen LogP contribution in [0.25, 0.3) is 39.5 Å². The summed E-state index contributed by atoms with van der Waals surface area (Å²) in [4.78, 5) is 0. The van der Waals surface area contributed by atoms with Gasteiger partial charge in [-0.15, -0.1) is 0 Å². The summed E-state index contributed by atoms with van der Waals surface area (Å²) in [6, 6.07) is 53.2. The van der Waals surface area contributed by atoms with Gasteiger partial charge in [-0.1, -0.05) is 128 Å². The first-order chi connectivity index (χ1) is 20.7. The molecule has 0 atom stereocenters. The van der Waals surface area contributed by atoms with E-state index in [1.54, 1.807) is 0 Å². The number of benzene rings is 6. The van der Waals surface area contributed by atoms with Gasteiger partial charge in [0, 0.05) is 11.4 Å². The van der Waals surface area contributed by atoms with Crippen molar-refractivity contribution >= 4 is 17.5 Å². The third-order valence-corrected chi connectivity index (χ3v) is 7.37. The van der Waals surface area contributed by atoms with Crippen LogP contribution >= 0.6 is 0 Å². The van der Waals surface area contributed by atoms with Gasteiger partial charge in [-0.05, 0) is 86.5 Å². The predicted octanol–water partition coefficient (Wildman–Crippen LogP) is 10.8. The van der Waals surface area contributed by atoms with Crippen molar-refractivity contribution in [1.82, 2.24) is 0 Å². The Labute approximate surface area is 248 Å². The van der Waals surface area contributed by atoms with E-state index in [-0.39, 0.29) is 0 Å². The van der Waals surface area contributed by atoms with Gasteiger partial charge in [-0.25, -0.2) is 0 Å². The lowest BCUT2D eigenvalue weighted by Gasteiger charge is -2.11. The molecule has 0 fully saturated rings. The van der Waals surface area contributed by atoms with E-state index in [1.165, 1.54) is 33.4 Å². The van der Waals surface area contributed by atoms with E-state index in [0.717, 1.165) is 28.1 Å². The molecule has 0 saturated carbocycles. The van der Waals surface area contributed by atoms with Crippen LogP contribution in [-0.2, 0) is 18.0 Å². The van der Waals surface area contributed by atoms with E-state index in [2.05, 4.69) is 157 Å². The lowest BCUT2D eigenvalue weighted by molar-refractivity contribution is 0.107. The molecule has 2 heteroatoms. The molecule has 2 nitrogen and oxygen atoms in total. The van der Waals surface area contributed by atoms with Gasteiger partial charge in [0.15, 0.2) is 0 Å². The van der Waals surface area contributed by atoms with Gasteiger partial charge in [-0.3, -0.25) is 0 Å². The molecule has 0 unspecified atom stereocenters. The van der Waals surface area contributed by atoms with Gasteiger partial charge >= 0.3 is 0 Å². The van der Waals surface area contributed by atoms with Crippen LogP contribution in [0.5, 0.6) is 0 Å². The Balaban J connectivity index is 1.09. The zero-order valence-electron chi connectivity index (χ0n) is 23.5. The molecule has 0 saturated heterocycles. The van der Waals surface area contributed by atoms with Gasteiger partial charge < -0.3 is 10.1 Å². The molecule has 6 aromatic rings. The molecular weight excluding hydrogens is 510 g/mol. The minimum atomic E-state index is 0.570. The Kier molecular flexibility index (Phi) is 8.35. The second-order valence-corrected chi connectivity index (χ2v) is 10.4. The molecule has 0 heterocycles. The summed E-state index contributed by atoms with van der Waals surface area (Å²) in [6.07, 6.45) is 1.85. The third-order valence-electron chi connectivity index (χ3n) is 7.37. The molecule has 1 N–H and O–H groups in total. The van der Waals surface area contributed by atoms with Crippen LogP contribution < -0.4 is 5.32 Å². The Morgan fingerprint density at radius 1 is 0.452 bits per heavy atom. The molecule has 0 bridgehead atoms. The summed E-state index contributed by atoms with van der Waals surface area (Å²) in [5.41, 5.74) is 12.8. The number of anilines is 2. The first-order valence-corrected chi connectivity index (χ1v) is 14.2. The second kappa shape index (κ2) is 13.0. The Hall–Kier alpha value is -5.18. The molecule has 204 valence electrons. The summed E-state index contributed by atoms with van der Waals surface area (Å²) in [6.45, 7) is 4.97. The van der Waals surface area contributed by atoms with Crippen LogP contribution in [0.1, 0.15) is 16.7 Å². The largest absolute Gasteiger partial charge is 0.372 e. The van der Waals surface area contributed by atoms with Gasteiger partial charge in [-0.2, -0.15) is 0 Å². The quantitative estimate of drug-likeness (QED) is 0.186. The lowest BCUT2D eigenvalue weighted by atomic mass is 9.98. The molecule has 0 aliphatic carbocycles. The average molecular weight is 544 g/mol. The summed E-state index contributed by atoms with van der Waals surface area (Å²) < 4.78 is 6.01. The van der Waals surface area contributed by atoms with Crippen molar-refractivity contribution in [2.75, 3.05) is 5.32 Å². The molecule has 0 spiro atoms. The summed E-state index contributed by atoms with van der Waals surface area (Å²) >= 11 is 0. The average Bonchev–Trinajstić information content (AvgIpc) is 3.06. The maximum absolute atomic E-state index is 6.01. The summed E-state index contributed by atoms with van der Waals surface area (Å²) in [5.74, 6) is 0. The van der Waals surface area contributed by atoms with Crippen molar-refractivity contribution in [2.24, 2.45) is 0 Å². The number of rotatable bonds is 10. The van der Waals surface area contributed by atoms with E-state index in [9.17, 15) is 0 Å². The number of nitrogens with one attached hydrogen (secondary N) is 1. The van der Waals surface area contributed by atoms with Crippen LogP contribution in [0.15, 0.2) is 158 Å². The molecule has 6 rings (SSSR count). The van der Waals surface area contributed by atoms with E-state index < -0.39 is 0 Å². The number of ether oxygens (including phenoxy) is 1. The zero-order chi connectivity index (χ0) is 28.6. The minimum Gasteiger partial charge on any atom is -0.372 e. The van der Waals surface area contributed by atoms with Crippen LogP contribution in [0.3, 0.4) is 0 Å². The molecule has 0 aliphatic heterocycles. The molecular formula is C40H33NO. The molecule has 0 aliphatic rings. The molecule has 6 aromatic carbocycles. The number of hydrogen-bond acceptors (Lipinski definition) is 2. The topological polar surface area (TPSA) is 21.3 Å². The molecule has 0 radical (unpaired) electrons. The van der Waals surface area contributed by atoms with E-state index >= 15 is 0 Å². The fraction of sp³-hybridized carbons (Fsp3) is 0.0500. The third kappa shape index (κ3) is 6.75. The van der Waals surface area contributed by atoms with Crippen LogP contribution in [0.4, 0.5) is 11.4 Å². The van der Waals surface area contributed by atoms with Gasteiger partial charge in [0.2, 0.25) is 0 Å². The van der Waals surface area contributed by atoms with Crippen molar-refractivity contribution < 1.29 is 4.74 Å². The second-order valence-electron chi connectivity index (χ2n) is 10.4. The predicted molar refractivity (Wildman–Crippen MR) is 178 cm³/mol. The highest BCUT2D eigenvalue weighted by atomic mass is 16.5. The zero-order valence-corrected chi connectivity index (χ0v) is 23.5. The molecule has 0 aromatic heterocycles. The van der Waals surface area contributed by atoms with Crippen LogP contribution in [0.2, 0.25) is 0 Å². The normalized spacial score (nSPS) is 10.8. The highest BCUT2D eigenvalue weighted by Gasteiger charge is 2.05. The minimum absolute atomic E-state index is 0.570. The summed E-state index contributed by atoms with van der Waals surface area (Å²) in [5, 5.41) is 3.52. The van der Waals surface area contributed by atoms with E-state index in [0.29, 0.717) is 13.2 Å². The van der Waals surface area contributed by atoms with E-state index in [1.807, 2.05) is 12.1 Å². The van der Waals surface area contributed by atoms with Crippen molar-refractivity contribution in [2.45, 2.75) is 13.2 Å². The molecule has 0 amide bonds. The Morgan fingerprint density at radius 3 is 1.60 bits per heavy atom. The Bertz CT molecular complexity index is 1750. The fourth-order valence-electron chi connectivity index (χ4n) is 5.04. The maximum Gasteiger partial charge on any atom is 0.0721 e. The monoisotopic (exact) mass is 543 g/mol. The summed E-state index contributed by atoms with van der Waals surface area (Å²) in [7, 11) is 0. The van der Waals surface area contributed by atoms with Gasteiger partial charge in [0.05, 0.1) is 13.2 Å². The SMILES string of the molecule is C=Cc1ccc(COCc2cccc(-c3cccc(-c4ccc(Nc5ccc(-c6ccccc6)cc5)cc4)c3)c2)cc1. The first kappa shape index (κ1) is 27.0. The van der Waals surface area contributed by atoms with Gasteiger partial charge in [0.25, 0.3) is 0 Å². The van der Waals surface area contributed by atoms with Crippen molar-refractivity contribution in [1.29, 1.82) is 0 Å². The van der Waals surface area contributed by atoms with Crippen LogP contribution in [0, 0.1) is 0 Å². The highest BCUT2D eigenvalue weighted by Crippen LogP contribution is 2.29. The standard InChI is InChI=1S/C40H33NO/c1-2-30-14-16-31(17-15-30)28-42-29-32-8-6-11-36(26-32)38-13-7-12-37(27-38)35-20-24-40(25-21-35)41-39-22-18-34(19-23-39)33-9-4-3-5-10-33/h2-27,41H,1,28-29H2. The van der Waals surface area contributed by atoms with Crippen molar-refractivity contribution in [3.8, 4) is 33.4 Å². The van der Waals surface area contributed by atoms with Crippen molar-refractivity contribution in [3.63, 3.8) is 0 Å². The van der Waals surface area contributed by atoms with E-state index in [4.69, 9.17) is 4.74 Å². The number of hydrogen-bond donors (Lipinski definition) is 1. The smallest absolute Gasteiger partial charge is 0.0721 e. The lowest BCUT2D eigenvalue weighted by Crippen LogP contribution is -1.94. The first-order valence-electron chi connectivity index (χ1n) is 14.2. The van der Waals surface area contributed by atoms with Gasteiger partial charge in [0.1, 0.15) is 0 Å². The maximum atomic E-state index is 6.01. The fourth-order valence-corrected chi connectivity index (χ4v) is 5.04. The highest BCUT2D eigenvalue weighted by molar-refractivity contribution is 5.75. The Morgan fingerprint density at radius 2 is 0.952 bits per heavy atom. The van der Waals surface area contributed by atoms with Crippen LogP contribution in [-0.4, -0.2) is 0 Å². The molecule has 42 heavy (non-hydrogen) atoms.